The number of carbonyl (C=O) groups is 1. The van der Waals surface area contributed by atoms with Crippen molar-refractivity contribution < 1.29 is 26.8 Å². The molecule has 0 radical (unpaired) electrons. The minimum Gasteiger partial charge on any atom is -0.455 e. The molecule has 0 atom stereocenters. The Morgan fingerprint density at radius 3 is 2.45 bits per heavy atom. The Bertz CT molecular complexity index is 2130. The summed E-state index contributed by atoms with van der Waals surface area (Å²) in [6.07, 6.45) is 4.22. The number of hydrogen-bond donors (Lipinski definition) is 2. The van der Waals surface area contributed by atoms with Crippen molar-refractivity contribution in [3.8, 4) is 33.8 Å². The first-order chi connectivity index (χ1) is 21.1. The molecule has 44 heavy (non-hydrogen) atoms. The Hall–Kier alpha value is -5.14. The summed E-state index contributed by atoms with van der Waals surface area (Å²) in [5.41, 5.74) is 4.89. The highest BCUT2D eigenvalue weighted by Crippen LogP contribution is 2.42. The summed E-state index contributed by atoms with van der Waals surface area (Å²) in [5.74, 6) is -0.124. The number of furan rings is 1. The van der Waals surface area contributed by atoms with Gasteiger partial charge in [-0.2, -0.15) is 0 Å². The Labute approximate surface area is 251 Å². The van der Waals surface area contributed by atoms with Crippen LogP contribution in [0.4, 0.5) is 10.1 Å². The molecular formula is C31H27FN6O5S. The lowest BCUT2D eigenvalue weighted by Gasteiger charge is -2.21. The number of benzene rings is 3. The Kier molecular flexibility index (Phi) is 7.35. The molecule has 0 bridgehead atoms. The number of H-pyrrole nitrogens is 1. The summed E-state index contributed by atoms with van der Waals surface area (Å²) in [5, 5.41) is 3.10. The number of rotatable bonds is 8. The van der Waals surface area contributed by atoms with Crippen molar-refractivity contribution in [2.75, 3.05) is 31.8 Å². The van der Waals surface area contributed by atoms with Crippen LogP contribution in [0.1, 0.15) is 15.9 Å². The number of sulfonamides is 1. The first kappa shape index (κ1) is 29.0. The first-order valence-electron chi connectivity index (χ1n) is 13.4. The van der Waals surface area contributed by atoms with Gasteiger partial charge in [0.1, 0.15) is 23.0 Å². The molecule has 2 N–H and O–H groups in total. The average molecular weight is 615 g/mol. The van der Waals surface area contributed by atoms with E-state index in [1.807, 2.05) is 18.2 Å². The van der Waals surface area contributed by atoms with Crippen molar-refractivity contribution in [1.29, 1.82) is 0 Å². The molecule has 13 heteroatoms. The molecule has 3 aromatic heterocycles. The van der Waals surface area contributed by atoms with Crippen LogP contribution < -0.4 is 9.62 Å². The molecule has 0 aliphatic carbocycles. The van der Waals surface area contributed by atoms with Crippen LogP contribution in [-0.2, 0) is 21.4 Å². The van der Waals surface area contributed by atoms with Gasteiger partial charge < -0.3 is 19.5 Å². The Morgan fingerprint density at radius 2 is 1.77 bits per heavy atom. The fourth-order valence-corrected chi connectivity index (χ4v) is 5.58. The van der Waals surface area contributed by atoms with E-state index in [0.29, 0.717) is 50.4 Å². The summed E-state index contributed by atoms with van der Waals surface area (Å²) in [4.78, 5) is 29.6. The quantitative estimate of drug-likeness (QED) is 0.240. The maximum Gasteiger partial charge on any atom is 0.255 e. The molecule has 0 saturated heterocycles. The van der Waals surface area contributed by atoms with Crippen molar-refractivity contribution in [3.63, 3.8) is 0 Å². The number of ether oxygens (including phenoxy) is 1. The molecule has 0 saturated carbocycles. The van der Waals surface area contributed by atoms with E-state index < -0.39 is 21.7 Å². The third-order valence-corrected chi connectivity index (χ3v) is 8.42. The zero-order valence-corrected chi connectivity index (χ0v) is 25.0. The van der Waals surface area contributed by atoms with E-state index in [1.165, 1.54) is 38.4 Å². The van der Waals surface area contributed by atoms with Gasteiger partial charge in [-0.1, -0.05) is 0 Å². The van der Waals surface area contributed by atoms with Crippen LogP contribution >= 0.6 is 0 Å². The minimum absolute atomic E-state index is 0.223. The molecule has 0 fully saturated rings. The van der Waals surface area contributed by atoms with Crippen LogP contribution in [0, 0.1) is 5.82 Å². The monoisotopic (exact) mass is 614 g/mol. The number of halogens is 1. The average Bonchev–Trinajstić information content (AvgIpc) is 3.61. The molecule has 11 nitrogen and oxygen atoms in total. The summed E-state index contributed by atoms with van der Waals surface area (Å²) in [6.45, 7) is 0.265. The number of carbonyl (C=O) groups excluding carboxylic acids is 1. The standard InChI is InChI=1S/C31H27FN6O5S/c1-33-31(39)26-23-14-22(19-11-17(16-42-3)12-20(13-19)28-36-29-30(37-28)35-10-9-34-29)24(38(2)44(4,40)41)15-25(23)43-27(26)18-5-7-21(32)8-6-18/h5-15H,16H2,1-4H3,(H,33,39)(H,34,35,36,37). The maximum absolute atomic E-state index is 13.7. The van der Waals surface area contributed by atoms with Crippen molar-refractivity contribution >= 4 is 43.9 Å². The van der Waals surface area contributed by atoms with Crippen molar-refractivity contribution in [2.45, 2.75) is 6.61 Å². The molecule has 6 rings (SSSR count). The van der Waals surface area contributed by atoms with E-state index in [1.54, 1.807) is 31.6 Å². The van der Waals surface area contributed by atoms with Gasteiger partial charge in [-0.25, -0.2) is 27.8 Å². The van der Waals surface area contributed by atoms with E-state index in [9.17, 15) is 17.6 Å². The van der Waals surface area contributed by atoms with Gasteiger partial charge in [-0.3, -0.25) is 9.10 Å². The molecule has 3 heterocycles. The lowest BCUT2D eigenvalue weighted by atomic mass is 9.95. The molecule has 0 unspecified atom stereocenters. The fourth-order valence-electron chi connectivity index (χ4n) is 5.08. The Balaban J connectivity index is 1.65. The number of aromatic amines is 1. The molecule has 0 aliphatic heterocycles. The van der Waals surface area contributed by atoms with E-state index >= 15 is 0 Å². The molecule has 3 aromatic carbocycles. The zero-order chi connectivity index (χ0) is 31.2. The third-order valence-electron chi connectivity index (χ3n) is 7.23. The lowest BCUT2D eigenvalue weighted by molar-refractivity contribution is 0.0964. The SMILES string of the molecule is CNC(=O)c1c(-c2ccc(F)cc2)oc2cc(N(C)S(C)(=O)=O)c(-c3cc(COC)cc(-c4nc5nccnc5[nH]4)c3)cc12. The van der Waals surface area contributed by atoms with Gasteiger partial charge in [-0.15, -0.1) is 0 Å². The predicted octanol–water partition coefficient (Wildman–Crippen LogP) is 5.14. The van der Waals surface area contributed by atoms with E-state index in [-0.39, 0.29) is 23.5 Å². The summed E-state index contributed by atoms with van der Waals surface area (Å²) < 4.78 is 52.2. The zero-order valence-electron chi connectivity index (χ0n) is 24.2. The van der Waals surface area contributed by atoms with Crippen LogP contribution in [0.2, 0.25) is 0 Å². The first-order valence-corrected chi connectivity index (χ1v) is 15.2. The highest BCUT2D eigenvalue weighted by atomic mass is 32.2. The molecule has 224 valence electrons. The van der Waals surface area contributed by atoms with Gasteiger partial charge in [0.05, 0.1) is 24.1 Å². The number of aromatic nitrogens is 4. The summed E-state index contributed by atoms with van der Waals surface area (Å²) >= 11 is 0. The largest absolute Gasteiger partial charge is 0.455 e. The fraction of sp³-hybridized carbons (Fsp3) is 0.161. The minimum atomic E-state index is -3.73. The highest BCUT2D eigenvalue weighted by molar-refractivity contribution is 7.92. The number of methoxy groups -OCH3 is 1. The van der Waals surface area contributed by atoms with Gasteiger partial charge in [0.2, 0.25) is 10.0 Å². The van der Waals surface area contributed by atoms with Crippen LogP contribution in [-0.4, -0.2) is 61.7 Å². The number of anilines is 1. The number of nitrogens with one attached hydrogen (secondary N) is 2. The van der Waals surface area contributed by atoms with Crippen LogP contribution in [0.15, 0.2) is 71.4 Å². The predicted molar refractivity (Wildman–Crippen MR) is 165 cm³/mol. The number of nitrogens with zero attached hydrogens (tertiary/aromatic N) is 4. The van der Waals surface area contributed by atoms with Crippen molar-refractivity contribution in [1.82, 2.24) is 25.3 Å². The topological polar surface area (TPSA) is 143 Å². The van der Waals surface area contributed by atoms with E-state index in [4.69, 9.17) is 9.15 Å². The maximum atomic E-state index is 13.7. The van der Waals surface area contributed by atoms with E-state index in [0.717, 1.165) is 16.1 Å². The smallest absolute Gasteiger partial charge is 0.255 e. The molecular weight excluding hydrogens is 587 g/mol. The second-order valence-corrected chi connectivity index (χ2v) is 12.2. The van der Waals surface area contributed by atoms with Crippen LogP contribution in [0.5, 0.6) is 0 Å². The van der Waals surface area contributed by atoms with Gasteiger partial charge >= 0.3 is 0 Å². The van der Waals surface area contributed by atoms with Crippen LogP contribution in [0.3, 0.4) is 0 Å². The molecule has 0 spiro atoms. The van der Waals surface area contributed by atoms with Gasteiger partial charge in [0, 0.05) is 61.7 Å². The lowest BCUT2D eigenvalue weighted by Crippen LogP contribution is -2.25. The van der Waals surface area contributed by atoms with Gasteiger partial charge in [-0.05, 0) is 59.7 Å². The van der Waals surface area contributed by atoms with Gasteiger partial charge in [0.15, 0.2) is 11.3 Å². The second kappa shape index (κ2) is 11.2. The molecule has 6 aromatic rings. The summed E-state index contributed by atoms with van der Waals surface area (Å²) in [7, 11) is 0.797. The van der Waals surface area contributed by atoms with Crippen molar-refractivity contribution in [3.05, 3.63) is 83.9 Å². The van der Waals surface area contributed by atoms with E-state index in [2.05, 4.69) is 25.3 Å². The Morgan fingerprint density at radius 1 is 1.05 bits per heavy atom. The molecule has 1 amide bonds. The number of hydrogen-bond acceptors (Lipinski definition) is 8. The number of amides is 1. The second-order valence-electron chi connectivity index (χ2n) is 10.2. The number of imidazole rings is 1. The number of fused-ring (bicyclic) bond motifs is 2. The normalized spacial score (nSPS) is 11.8. The van der Waals surface area contributed by atoms with Crippen LogP contribution in [0.25, 0.3) is 56.1 Å². The molecule has 0 aliphatic rings. The third kappa shape index (κ3) is 5.27. The summed E-state index contributed by atoms with van der Waals surface area (Å²) in [6, 6.07) is 14.5. The highest BCUT2D eigenvalue weighted by Gasteiger charge is 2.26. The van der Waals surface area contributed by atoms with Crippen molar-refractivity contribution in [2.24, 2.45) is 0 Å². The van der Waals surface area contributed by atoms with Gasteiger partial charge in [0.25, 0.3) is 5.91 Å².